The van der Waals surface area contributed by atoms with Crippen LogP contribution in [0.5, 0.6) is 0 Å². The Morgan fingerprint density at radius 3 is 0.816 bits per heavy atom. The van der Waals surface area contributed by atoms with E-state index in [-0.39, 0.29) is 25.7 Å². The van der Waals surface area contributed by atoms with Gasteiger partial charge in [-0.1, -0.05) is 280 Å². The Morgan fingerprint density at radius 2 is 0.552 bits per heavy atom. The SMILES string of the molecule is CCC(C)CCCCCCCCCCCCC(=O)O[C@H](COC(=O)CCCCCCCCCCCCC(C)C)COP(=O)(O)OCC(O)COP(=O)(O)OC[C@@H](COC(=O)CCCCCCCCCC(C)C)OC(=O)CCCCCCCCCC(C)C. The van der Waals surface area contributed by atoms with Gasteiger partial charge in [0.15, 0.2) is 12.2 Å². The molecule has 0 radical (unpaired) electrons. The van der Waals surface area contributed by atoms with Crippen LogP contribution in [0, 0.1) is 23.7 Å². The van der Waals surface area contributed by atoms with Crippen molar-refractivity contribution in [2.24, 2.45) is 23.7 Å². The zero-order chi connectivity index (χ0) is 64.7. The van der Waals surface area contributed by atoms with Crippen molar-refractivity contribution in [3.8, 4) is 0 Å². The Balaban J connectivity index is 5.26. The second kappa shape index (κ2) is 57.9. The molecule has 0 heterocycles. The van der Waals surface area contributed by atoms with Crippen molar-refractivity contribution >= 4 is 39.5 Å². The Kier molecular flexibility index (Phi) is 56.6. The molecule has 0 aliphatic carbocycles. The van der Waals surface area contributed by atoms with E-state index in [1.54, 1.807) is 0 Å². The van der Waals surface area contributed by atoms with Crippen LogP contribution >= 0.6 is 15.6 Å². The van der Waals surface area contributed by atoms with Gasteiger partial charge in [-0.3, -0.25) is 37.3 Å². The van der Waals surface area contributed by atoms with E-state index in [0.717, 1.165) is 108 Å². The molecule has 0 fully saturated rings. The van der Waals surface area contributed by atoms with Crippen molar-refractivity contribution in [3.05, 3.63) is 0 Å². The van der Waals surface area contributed by atoms with Crippen LogP contribution in [0.25, 0.3) is 0 Å². The number of carbonyl (C=O) groups is 4. The van der Waals surface area contributed by atoms with Crippen molar-refractivity contribution in [1.82, 2.24) is 0 Å². The van der Waals surface area contributed by atoms with Gasteiger partial charge in [-0.15, -0.1) is 0 Å². The molecule has 0 bridgehead atoms. The average molecular weight is 1280 g/mol. The third-order valence-corrected chi connectivity index (χ3v) is 17.8. The lowest BCUT2D eigenvalue weighted by atomic mass is 9.99. The Labute approximate surface area is 530 Å². The lowest BCUT2D eigenvalue weighted by Crippen LogP contribution is -2.30. The highest BCUT2D eigenvalue weighted by atomic mass is 31.2. The van der Waals surface area contributed by atoms with E-state index < -0.39 is 97.5 Å². The molecule has 6 atom stereocenters. The van der Waals surface area contributed by atoms with Crippen molar-refractivity contribution in [2.75, 3.05) is 39.6 Å². The topological polar surface area (TPSA) is 237 Å². The summed E-state index contributed by atoms with van der Waals surface area (Å²) in [4.78, 5) is 72.4. The second-order valence-corrected chi connectivity index (χ2v) is 29.1. The smallest absolute Gasteiger partial charge is 0.462 e. The van der Waals surface area contributed by atoms with Crippen LogP contribution in [0.1, 0.15) is 331 Å². The zero-order valence-corrected chi connectivity index (χ0v) is 58.4. The molecule has 3 N–H and O–H groups in total. The molecule has 87 heavy (non-hydrogen) atoms. The minimum absolute atomic E-state index is 0.102. The predicted molar refractivity (Wildman–Crippen MR) is 349 cm³/mol. The summed E-state index contributed by atoms with van der Waals surface area (Å²) in [6, 6.07) is 0. The summed E-state index contributed by atoms with van der Waals surface area (Å²) in [7, 11) is -9.90. The molecule has 0 spiro atoms. The monoisotopic (exact) mass is 1280 g/mol. The predicted octanol–water partition coefficient (Wildman–Crippen LogP) is 18.9. The lowest BCUT2D eigenvalue weighted by Gasteiger charge is -2.21. The molecule has 0 aliphatic rings. The summed E-state index contributed by atoms with van der Waals surface area (Å²) in [5.74, 6) is 0.828. The minimum Gasteiger partial charge on any atom is -0.462 e. The summed E-state index contributed by atoms with van der Waals surface area (Å²) in [6.07, 6.45) is 39.0. The number of esters is 4. The fourth-order valence-corrected chi connectivity index (χ4v) is 11.7. The van der Waals surface area contributed by atoms with E-state index in [9.17, 15) is 43.2 Å². The Morgan fingerprint density at radius 1 is 0.322 bits per heavy atom. The molecule has 0 aromatic carbocycles. The molecule has 0 aliphatic heterocycles. The van der Waals surface area contributed by atoms with Crippen molar-refractivity contribution in [1.29, 1.82) is 0 Å². The number of hydrogen-bond acceptors (Lipinski definition) is 15. The third-order valence-electron chi connectivity index (χ3n) is 15.9. The number of phosphoric acid groups is 2. The van der Waals surface area contributed by atoms with Crippen LogP contribution in [0.15, 0.2) is 0 Å². The normalized spacial score (nSPS) is 14.6. The molecule has 4 unspecified atom stereocenters. The third kappa shape index (κ3) is 61.3. The molecule has 0 saturated carbocycles. The van der Waals surface area contributed by atoms with Gasteiger partial charge in [0.25, 0.3) is 0 Å². The van der Waals surface area contributed by atoms with Crippen LogP contribution < -0.4 is 0 Å². The first-order chi connectivity index (χ1) is 41.6. The van der Waals surface area contributed by atoms with E-state index in [0.29, 0.717) is 37.5 Å². The maximum Gasteiger partial charge on any atom is 0.472 e. The summed E-state index contributed by atoms with van der Waals surface area (Å²) in [5, 5.41) is 10.6. The number of aliphatic hydroxyl groups is 1. The van der Waals surface area contributed by atoms with Crippen LogP contribution in [0.2, 0.25) is 0 Å². The van der Waals surface area contributed by atoms with Gasteiger partial charge in [0.05, 0.1) is 26.4 Å². The van der Waals surface area contributed by atoms with Gasteiger partial charge in [-0.05, 0) is 49.4 Å². The van der Waals surface area contributed by atoms with E-state index in [1.165, 1.54) is 128 Å². The first-order valence-electron chi connectivity index (χ1n) is 35.2. The van der Waals surface area contributed by atoms with Gasteiger partial charge >= 0.3 is 39.5 Å². The number of carbonyl (C=O) groups excluding carboxylic acids is 4. The van der Waals surface area contributed by atoms with E-state index >= 15 is 0 Å². The minimum atomic E-state index is -4.95. The Bertz CT molecular complexity index is 1730. The van der Waals surface area contributed by atoms with Crippen LogP contribution in [0.4, 0.5) is 0 Å². The highest BCUT2D eigenvalue weighted by molar-refractivity contribution is 7.47. The van der Waals surface area contributed by atoms with Gasteiger partial charge < -0.3 is 33.8 Å². The second-order valence-electron chi connectivity index (χ2n) is 26.2. The molecule has 17 nitrogen and oxygen atoms in total. The van der Waals surface area contributed by atoms with Gasteiger partial charge in [0.1, 0.15) is 19.3 Å². The van der Waals surface area contributed by atoms with E-state index in [2.05, 4.69) is 55.4 Å². The molecule has 516 valence electrons. The number of ether oxygens (including phenoxy) is 4. The van der Waals surface area contributed by atoms with Gasteiger partial charge in [0.2, 0.25) is 0 Å². The molecule has 0 aromatic rings. The summed E-state index contributed by atoms with van der Waals surface area (Å²) in [6.45, 7) is 14.0. The molecular formula is C68H132O17P2. The summed E-state index contributed by atoms with van der Waals surface area (Å²) in [5.41, 5.74) is 0. The summed E-state index contributed by atoms with van der Waals surface area (Å²) >= 11 is 0. The van der Waals surface area contributed by atoms with Gasteiger partial charge in [-0.2, -0.15) is 0 Å². The number of phosphoric ester groups is 2. The maximum absolute atomic E-state index is 13.0. The van der Waals surface area contributed by atoms with Gasteiger partial charge in [0, 0.05) is 25.7 Å². The highest BCUT2D eigenvalue weighted by Crippen LogP contribution is 2.45. The van der Waals surface area contributed by atoms with Crippen LogP contribution in [-0.2, 0) is 65.4 Å². The first-order valence-corrected chi connectivity index (χ1v) is 38.2. The first kappa shape index (κ1) is 85.1. The molecule has 0 saturated heterocycles. The highest BCUT2D eigenvalue weighted by Gasteiger charge is 2.30. The largest absolute Gasteiger partial charge is 0.472 e. The van der Waals surface area contributed by atoms with Crippen LogP contribution in [0.3, 0.4) is 0 Å². The molecule has 19 heteroatoms. The van der Waals surface area contributed by atoms with Crippen molar-refractivity contribution < 1.29 is 80.2 Å². The number of aliphatic hydroxyl groups excluding tert-OH is 1. The van der Waals surface area contributed by atoms with Gasteiger partial charge in [-0.25, -0.2) is 9.13 Å². The number of unbranched alkanes of at least 4 members (excludes halogenated alkanes) is 30. The zero-order valence-electron chi connectivity index (χ0n) is 56.6. The quantitative estimate of drug-likeness (QED) is 0.0222. The lowest BCUT2D eigenvalue weighted by molar-refractivity contribution is -0.161. The average Bonchev–Trinajstić information content (AvgIpc) is 3.66. The van der Waals surface area contributed by atoms with E-state index in [1.807, 2.05) is 0 Å². The standard InChI is InChI=1S/C68H132O17P2/c1-9-61(8)47-39-31-23-15-11-13-17-25-34-42-50-67(72)84-63(54-78-65(70)48-40-32-24-16-12-10-14-20-28-36-44-58(2)3)56-82-86(74,75)80-52-62(69)53-81-87(76,77)83-57-64(85-68(73)51-43-35-27-19-22-30-38-46-60(6)7)55-79-66(71)49-41-33-26-18-21-29-37-45-59(4)5/h58-64,69H,9-57H2,1-8H3,(H,74,75)(H,76,77)/t61?,62?,63-,64-/m1/s1. The van der Waals surface area contributed by atoms with Crippen molar-refractivity contribution in [2.45, 2.75) is 350 Å². The molecular weight excluding hydrogens is 1150 g/mol. The number of rotatable bonds is 65. The number of hydrogen-bond donors (Lipinski definition) is 3. The molecule has 0 aromatic heterocycles. The maximum atomic E-state index is 13.0. The molecule has 0 rings (SSSR count). The van der Waals surface area contributed by atoms with Crippen LogP contribution in [-0.4, -0.2) is 96.7 Å². The molecule has 0 amide bonds. The van der Waals surface area contributed by atoms with E-state index in [4.69, 9.17) is 37.0 Å². The fraction of sp³-hybridized carbons (Fsp3) is 0.941. The summed E-state index contributed by atoms with van der Waals surface area (Å²) < 4.78 is 68.2. The van der Waals surface area contributed by atoms with Crippen molar-refractivity contribution in [3.63, 3.8) is 0 Å². The Hall–Kier alpha value is -1.94. The fourth-order valence-electron chi connectivity index (χ4n) is 10.1.